The van der Waals surface area contributed by atoms with E-state index in [4.69, 9.17) is 0 Å². The van der Waals surface area contributed by atoms with Gasteiger partial charge in [-0.15, -0.1) is 0 Å². The van der Waals surface area contributed by atoms with Crippen LogP contribution in [0.15, 0.2) is 11.1 Å². The van der Waals surface area contributed by atoms with Crippen molar-refractivity contribution in [1.29, 1.82) is 0 Å². The molecule has 15 heavy (non-hydrogen) atoms. The van der Waals surface area contributed by atoms with Crippen LogP contribution in [0.4, 0.5) is 0 Å². The lowest BCUT2D eigenvalue weighted by atomic mass is 9.89. The molecule has 0 radical (unpaired) electrons. The summed E-state index contributed by atoms with van der Waals surface area (Å²) in [6.45, 7) is 11.8. The van der Waals surface area contributed by atoms with E-state index in [0.717, 1.165) is 11.1 Å². The molecule has 0 aromatic carbocycles. The van der Waals surface area contributed by atoms with E-state index >= 15 is 0 Å². The Kier molecular flexibility index (Phi) is 4.01. The highest BCUT2D eigenvalue weighted by atomic mass is 31.2. The molecule has 0 fully saturated rings. The molecular weight excluding hydrogens is 211 g/mol. The second kappa shape index (κ2) is 4.04. The maximum atomic E-state index is 11.7. The number of aliphatic hydroxyl groups is 1. The molecule has 90 valence electrons. The lowest BCUT2D eigenvalue weighted by Crippen LogP contribution is -2.29. The van der Waals surface area contributed by atoms with E-state index in [2.05, 4.69) is 0 Å². The molecular formula is C11H23O3P. The molecule has 0 aromatic heterocycles. The first-order valence-corrected chi connectivity index (χ1v) is 7.13. The Balaban J connectivity index is 5.54. The Hall–Kier alpha value is -0.110. The maximum absolute atomic E-state index is 11.7. The SMILES string of the molecule is C/C(=C(\C)C(C)(C)P(C)(=O)O)C(C)(C)O. The first-order valence-electron chi connectivity index (χ1n) is 5.03. The van der Waals surface area contributed by atoms with Gasteiger partial charge in [-0.25, -0.2) is 0 Å². The fourth-order valence-corrected chi connectivity index (χ4v) is 2.02. The molecule has 0 heterocycles. The largest absolute Gasteiger partial charge is 0.386 e. The van der Waals surface area contributed by atoms with Crippen molar-refractivity contribution >= 4 is 7.37 Å². The molecule has 4 heteroatoms. The molecule has 2 N–H and O–H groups in total. The highest BCUT2D eigenvalue weighted by Crippen LogP contribution is 2.55. The van der Waals surface area contributed by atoms with Gasteiger partial charge in [0.05, 0.1) is 10.8 Å². The summed E-state index contributed by atoms with van der Waals surface area (Å²) in [5.41, 5.74) is 0.586. The fraction of sp³-hybridized carbons (Fsp3) is 0.818. The van der Waals surface area contributed by atoms with Crippen LogP contribution in [0.3, 0.4) is 0 Å². The van der Waals surface area contributed by atoms with Crippen LogP contribution >= 0.6 is 7.37 Å². The third-order valence-corrected chi connectivity index (χ3v) is 5.85. The molecule has 3 nitrogen and oxygen atoms in total. The standard InChI is InChI=1S/C11H23O3P/c1-8(10(3,4)12)9(2)11(5,6)15(7,13)14/h12H,1-7H3,(H,13,14)/b9-8-. The second-order valence-electron chi connectivity index (χ2n) is 5.25. The van der Waals surface area contributed by atoms with Gasteiger partial charge in [0.1, 0.15) is 0 Å². The van der Waals surface area contributed by atoms with Crippen molar-refractivity contribution in [3.8, 4) is 0 Å². The molecule has 0 spiro atoms. The van der Waals surface area contributed by atoms with Crippen molar-refractivity contribution in [3.05, 3.63) is 11.1 Å². The molecule has 0 saturated heterocycles. The zero-order chi connectivity index (χ0) is 12.7. The monoisotopic (exact) mass is 234 g/mol. The van der Waals surface area contributed by atoms with Crippen LogP contribution in [0.2, 0.25) is 0 Å². The fourth-order valence-electron chi connectivity index (χ4n) is 1.23. The van der Waals surface area contributed by atoms with Gasteiger partial charge in [0.2, 0.25) is 7.37 Å². The van der Waals surface area contributed by atoms with Gasteiger partial charge in [-0.2, -0.15) is 0 Å². The Morgan fingerprint density at radius 2 is 1.40 bits per heavy atom. The third-order valence-electron chi connectivity index (χ3n) is 3.44. The smallest absolute Gasteiger partial charge is 0.206 e. The van der Waals surface area contributed by atoms with Gasteiger partial charge < -0.3 is 10.00 Å². The molecule has 0 amide bonds. The van der Waals surface area contributed by atoms with Gasteiger partial charge in [-0.3, -0.25) is 4.57 Å². The minimum Gasteiger partial charge on any atom is -0.386 e. The molecule has 0 saturated carbocycles. The van der Waals surface area contributed by atoms with Crippen molar-refractivity contribution in [2.75, 3.05) is 6.66 Å². The van der Waals surface area contributed by atoms with Crippen LogP contribution in [-0.4, -0.2) is 27.4 Å². The zero-order valence-electron chi connectivity index (χ0n) is 10.7. The Morgan fingerprint density at radius 1 is 1.07 bits per heavy atom. The molecule has 0 aliphatic heterocycles. The van der Waals surface area contributed by atoms with Crippen molar-refractivity contribution in [1.82, 2.24) is 0 Å². The Bertz CT molecular complexity index is 315. The van der Waals surface area contributed by atoms with Crippen molar-refractivity contribution in [2.45, 2.75) is 52.3 Å². The van der Waals surface area contributed by atoms with E-state index in [1.54, 1.807) is 41.5 Å². The van der Waals surface area contributed by atoms with Gasteiger partial charge in [0.25, 0.3) is 0 Å². The van der Waals surface area contributed by atoms with Crippen LogP contribution < -0.4 is 0 Å². The maximum Gasteiger partial charge on any atom is 0.206 e. The zero-order valence-corrected chi connectivity index (χ0v) is 11.6. The van der Waals surface area contributed by atoms with E-state index in [9.17, 15) is 14.6 Å². The van der Waals surface area contributed by atoms with Crippen LogP contribution in [0.5, 0.6) is 0 Å². The number of rotatable bonds is 3. The van der Waals surface area contributed by atoms with Gasteiger partial charge in [0, 0.05) is 6.66 Å². The van der Waals surface area contributed by atoms with Gasteiger partial charge in [-0.05, 0) is 47.1 Å². The molecule has 0 aliphatic carbocycles. The predicted molar refractivity (Wildman–Crippen MR) is 64.5 cm³/mol. The number of hydrogen-bond donors (Lipinski definition) is 2. The Labute approximate surface area is 92.7 Å². The van der Waals surface area contributed by atoms with E-state index in [-0.39, 0.29) is 0 Å². The highest BCUT2D eigenvalue weighted by Gasteiger charge is 2.38. The van der Waals surface area contributed by atoms with E-state index in [1.165, 1.54) is 6.66 Å². The number of allylic oxidation sites excluding steroid dienone is 1. The van der Waals surface area contributed by atoms with E-state index in [0.29, 0.717) is 0 Å². The summed E-state index contributed by atoms with van der Waals surface area (Å²) in [5.74, 6) is 0. The normalized spacial score (nSPS) is 19.5. The third kappa shape index (κ3) is 3.17. The summed E-state index contributed by atoms with van der Waals surface area (Å²) in [5, 5.41) is 9.06. The average Bonchev–Trinajstić information content (AvgIpc) is 1.97. The van der Waals surface area contributed by atoms with Crippen molar-refractivity contribution in [2.24, 2.45) is 0 Å². The van der Waals surface area contributed by atoms with Gasteiger partial charge in [-0.1, -0.05) is 5.57 Å². The number of hydrogen-bond acceptors (Lipinski definition) is 2. The summed E-state index contributed by atoms with van der Waals surface area (Å²) in [7, 11) is -3.22. The van der Waals surface area contributed by atoms with Crippen LogP contribution in [0.25, 0.3) is 0 Å². The van der Waals surface area contributed by atoms with E-state index in [1.807, 2.05) is 0 Å². The van der Waals surface area contributed by atoms with E-state index < -0.39 is 18.1 Å². The molecule has 0 aromatic rings. The lowest BCUT2D eigenvalue weighted by molar-refractivity contribution is 0.118. The highest BCUT2D eigenvalue weighted by molar-refractivity contribution is 7.59. The molecule has 1 atom stereocenters. The van der Waals surface area contributed by atoms with Gasteiger partial charge in [0.15, 0.2) is 0 Å². The Morgan fingerprint density at radius 3 is 1.60 bits per heavy atom. The summed E-state index contributed by atoms with van der Waals surface area (Å²) < 4.78 is 11.7. The summed E-state index contributed by atoms with van der Waals surface area (Å²) in [4.78, 5) is 9.67. The first-order chi connectivity index (χ1) is 6.32. The van der Waals surface area contributed by atoms with Crippen LogP contribution in [-0.2, 0) is 4.57 Å². The second-order valence-corrected chi connectivity index (χ2v) is 8.12. The van der Waals surface area contributed by atoms with Crippen molar-refractivity contribution < 1.29 is 14.6 Å². The van der Waals surface area contributed by atoms with Gasteiger partial charge >= 0.3 is 0 Å². The predicted octanol–water partition coefficient (Wildman–Crippen LogP) is 2.77. The molecule has 0 bridgehead atoms. The molecule has 1 unspecified atom stereocenters. The minimum atomic E-state index is -3.22. The molecule has 0 aliphatic rings. The summed E-state index contributed by atoms with van der Waals surface area (Å²) in [6.07, 6.45) is 0. The van der Waals surface area contributed by atoms with Crippen LogP contribution in [0.1, 0.15) is 41.5 Å². The van der Waals surface area contributed by atoms with Crippen LogP contribution in [0, 0.1) is 0 Å². The summed E-state index contributed by atoms with van der Waals surface area (Å²) >= 11 is 0. The summed E-state index contributed by atoms with van der Waals surface area (Å²) in [6, 6.07) is 0. The topological polar surface area (TPSA) is 57.5 Å². The quantitative estimate of drug-likeness (QED) is 0.583. The lowest BCUT2D eigenvalue weighted by Gasteiger charge is -2.33. The first kappa shape index (κ1) is 14.9. The van der Waals surface area contributed by atoms with Crippen molar-refractivity contribution in [3.63, 3.8) is 0 Å². The minimum absolute atomic E-state index is 0.753. The average molecular weight is 234 g/mol. The molecule has 0 rings (SSSR count).